The van der Waals surface area contributed by atoms with Gasteiger partial charge < -0.3 is 10.0 Å². The number of hydrogen-bond acceptors (Lipinski definition) is 3. The van der Waals surface area contributed by atoms with E-state index in [2.05, 4.69) is 4.90 Å². The van der Waals surface area contributed by atoms with Gasteiger partial charge in [-0.2, -0.15) is 0 Å². The molecule has 1 aliphatic rings. The third-order valence-corrected chi connectivity index (χ3v) is 4.07. The first kappa shape index (κ1) is 20.0. The molecule has 0 bridgehead atoms. The molecular formula is C15H19Cl3N2O3. The van der Waals surface area contributed by atoms with E-state index in [-0.39, 0.29) is 24.7 Å². The second-order valence-electron chi connectivity index (χ2n) is 5.29. The van der Waals surface area contributed by atoms with E-state index in [4.69, 9.17) is 28.3 Å². The quantitative estimate of drug-likeness (QED) is 0.851. The minimum Gasteiger partial charge on any atom is -0.481 e. The van der Waals surface area contributed by atoms with Gasteiger partial charge in [0, 0.05) is 48.2 Å². The average molecular weight is 382 g/mol. The van der Waals surface area contributed by atoms with Crippen LogP contribution in [-0.4, -0.2) is 59.5 Å². The summed E-state index contributed by atoms with van der Waals surface area (Å²) in [4.78, 5) is 26.9. The van der Waals surface area contributed by atoms with E-state index < -0.39 is 5.97 Å². The van der Waals surface area contributed by atoms with Gasteiger partial charge in [0.2, 0.25) is 0 Å². The minimum absolute atomic E-state index is 0. The maximum absolute atomic E-state index is 12.4. The van der Waals surface area contributed by atoms with Crippen molar-refractivity contribution in [2.75, 3.05) is 32.7 Å². The summed E-state index contributed by atoms with van der Waals surface area (Å²) in [6.07, 6.45) is 0.813. The zero-order valence-corrected chi connectivity index (χ0v) is 14.8. The van der Waals surface area contributed by atoms with E-state index in [1.807, 2.05) is 0 Å². The molecule has 0 unspecified atom stereocenters. The van der Waals surface area contributed by atoms with Crippen molar-refractivity contribution < 1.29 is 14.7 Å². The van der Waals surface area contributed by atoms with Crippen LogP contribution < -0.4 is 0 Å². The van der Waals surface area contributed by atoms with E-state index in [9.17, 15) is 9.59 Å². The van der Waals surface area contributed by atoms with Crippen LogP contribution in [0, 0.1) is 0 Å². The van der Waals surface area contributed by atoms with Gasteiger partial charge in [0.15, 0.2) is 0 Å². The monoisotopic (exact) mass is 380 g/mol. The normalized spacial score (nSPS) is 15.1. The third-order valence-electron chi connectivity index (χ3n) is 3.63. The van der Waals surface area contributed by atoms with Crippen molar-refractivity contribution >= 4 is 47.5 Å². The fourth-order valence-corrected chi connectivity index (χ4v) is 3.01. The molecule has 1 fully saturated rings. The van der Waals surface area contributed by atoms with Gasteiger partial charge in [-0.1, -0.05) is 23.2 Å². The molecule has 0 aliphatic carbocycles. The van der Waals surface area contributed by atoms with Crippen LogP contribution in [0.2, 0.25) is 10.0 Å². The van der Waals surface area contributed by atoms with Crippen LogP contribution in [0.4, 0.5) is 0 Å². The molecule has 1 aliphatic heterocycles. The maximum Gasteiger partial charge on any atom is 0.303 e. The summed E-state index contributed by atoms with van der Waals surface area (Å²) in [5.74, 6) is -0.846. The summed E-state index contributed by atoms with van der Waals surface area (Å²) in [5.41, 5.74) is 0.497. The summed E-state index contributed by atoms with van der Waals surface area (Å²) >= 11 is 11.9. The van der Waals surface area contributed by atoms with Gasteiger partial charge in [-0.15, -0.1) is 12.4 Å². The molecule has 0 aromatic heterocycles. The first-order valence-electron chi connectivity index (χ1n) is 7.15. The molecule has 5 nitrogen and oxygen atoms in total. The van der Waals surface area contributed by atoms with Crippen LogP contribution in [0.5, 0.6) is 0 Å². The predicted molar refractivity (Wildman–Crippen MR) is 92.9 cm³/mol. The Morgan fingerprint density at radius 2 is 1.61 bits per heavy atom. The number of hydrogen-bond donors (Lipinski definition) is 1. The molecule has 1 amide bonds. The fourth-order valence-electron chi connectivity index (χ4n) is 2.49. The van der Waals surface area contributed by atoms with Crippen LogP contribution in [0.3, 0.4) is 0 Å². The van der Waals surface area contributed by atoms with E-state index in [1.165, 1.54) is 0 Å². The molecular weight excluding hydrogens is 363 g/mol. The molecule has 1 N–H and O–H groups in total. The molecule has 1 saturated heterocycles. The molecule has 1 aromatic rings. The van der Waals surface area contributed by atoms with Crippen molar-refractivity contribution in [3.8, 4) is 0 Å². The summed E-state index contributed by atoms with van der Waals surface area (Å²) in [7, 11) is 0. The Balaban J connectivity index is 0.00000264. The van der Waals surface area contributed by atoms with E-state index in [0.717, 1.165) is 19.6 Å². The number of carboxylic acid groups (broad SMARTS) is 1. The highest BCUT2D eigenvalue weighted by molar-refractivity contribution is 6.35. The van der Waals surface area contributed by atoms with Crippen LogP contribution >= 0.6 is 35.6 Å². The van der Waals surface area contributed by atoms with Gasteiger partial charge >= 0.3 is 5.97 Å². The molecule has 0 spiro atoms. The van der Waals surface area contributed by atoms with Crippen molar-refractivity contribution in [2.24, 2.45) is 0 Å². The molecule has 23 heavy (non-hydrogen) atoms. The number of rotatable bonds is 5. The van der Waals surface area contributed by atoms with Gasteiger partial charge in [-0.3, -0.25) is 14.5 Å². The first-order chi connectivity index (χ1) is 10.5. The highest BCUT2D eigenvalue weighted by Gasteiger charge is 2.22. The summed E-state index contributed by atoms with van der Waals surface area (Å²) in [5, 5.41) is 9.53. The number of piperazine rings is 1. The zero-order chi connectivity index (χ0) is 16.1. The molecule has 1 heterocycles. The Morgan fingerprint density at radius 3 is 2.13 bits per heavy atom. The highest BCUT2D eigenvalue weighted by Crippen LogP contribution is 2.20. The molecule has 2 rings (SSSR count). The third kappa shape index (κ3) is 6.18. The Hall–Kier alpha value is -1.01. The number of benzene rings is 1. The molecule has 0 saturated carbocycles. The number of halogens is 3. The lowest BCUT2D eigenvalue weighted by Crippen LogP contribution is -2.48. The van der Waals surface area contributed by atoms with Crippen molar-refractivity contribution in [2.45, 2.75) is 12.8 Å². The van der Waals surface area contributed by atoms with Crippen LogP contribution in [-0.2, 0) is 4.79 Å². The van der Waals surface area contributed by atoms with Crippen LogP contribution in [0.15, 0.2) is 18.2 Å². The Morgan fingerprint density at radius 1 is 1.04 bits per heavy atom. The smallest absolute Gasteiger partial charge is 0.303 e. The van der Waals surface area contributed by atoms with Gasteiger partial charge in [0.1, 0.15) is 0 Å². The standard InChI is InChI=1S/C15H18Cl2N2O3.ClH/c16-12-8-11(9-13(17)10-12)15(22)19-6-4-18(5-7-19)3-1-2-14(20)21;/h8-10H,1-7H2,(H,20,21);1H. The number of aliphatic carboxylic acids is 1. The van der Waals surface area contributed by atoms with Crippen molar-refractivity contribution in [1.82, 2.24) is 9.80 Å². The van der Waals surface area contributed by atoms with E-state index in [0.29, 0.717) is 35.1 Å². The number of nitrogens with zero attached hydrogens (tertiary/aromatic N) is 2. The van der Waals surface area contributed by atoms with Crippen molar-refractivity contribution in [3.05, 3.63) is 33.8 Å². The van der Waals surface area contributed by atoms with Crippen molar-refractivity contribution in [3.63, 3.8) is 0 Å². The fraction of sp³-hybridized carbons (Fsp3) is 0.467. The van der Waals surface area contributed by atoms with Crippen molar-refractivity contribution in [1.29, 1.82) is 0 Å². The Bertz CT molecular complexity index is 541. The second-order valence-corrected chi connectivity index (χ2v) is 6.16. The molecule has 8 heteroatoms. The lowest BCUT2D eigenvalue weighted by atomic mass is 10.1. The number of carbonyl (C=O) groups is 2. The zero-order valence-electron chi connectivity index (χ0n) is 12.5. The minimum atomic E-state index is -0.772. The topological polar surface area (TPSA) is 60.9 Å². The van der Waals surface area contributed by atoms with Crippen LogP contribution in [0.25, 0.3) is 0 Å². The Labute approximate surface area is 151 Å². The van der Waals surface area contributed by atoms with Gasteiger partial charge in [0.25, 0.3) is 5.91 Å². The highest BCUT2D eigenvalue weighted by atomic mass is 35.5. The van der Waals surface area contributed by atoms with Gasteiger partial charge in [-0.25, -0.2) is 0 Å². The molecule has 0 radical (unpaired) electrons. The van der Waals surface area contributed by atoms with Gasteiger partial charge in [0.05, 0.1) is 0 Å². The summed E-state index contributed by atoms with van der Waals surface area (Å²) < 4.78 is 0. The SMILES string of the molecule is Cl.O=C(O)CCCN1CCN(C(=O)c2cc(Cl)cc(Cl)c2)CC1. The predicted octanol–water partition coefficient (Wildman–Crippen LogP) is 3.04. The molecule has 128 valence electrons. The molecule has 0 atom stereocenters. The van der Waals surface area contributed by atoms with E-state index in [1.54, 1.807) is 23.1 Å². The van der Waals surface area contributed by atoms with E-state index >= 15 is 0 Å². The Kier molecular flexibility index (Phi) is 8.12. The lowest BCUT2D eigenvalue weighted by molar-refractivity contribution is -0.137. The van der Waals surface area contributed by atoms with Crippen LogP contribution in [0.1, 0.15) is 23.2 Å². The first-order valence-corrected chi connectivity index (χ1v) is 7.91. The average Bonchev–Trinajstić information content (AvgIpc) is 2.46. The number of carbonyl (C=O) groups excluding carboxylic acids is 1. The summed E-state index contributed by atoms with van der Waals surface area (Å²) in [6.45, 7) is 3.49. The maximum atomic E-state index is 12.4. The molecule has 1 aromatic carbocycles. The summed E-state index contributed by atoms with van der Waals surface area (Å²) in [6, 6.07) is 4.84. The number of carboxylic acids is 1. The second kappa shape index (κ2) is 9.33. The number of amides is 1. The lowest BCUT2D eigenvalue weighted by Gasteiger charge is -2.34. The largest absolute Gasteiger partial charge is 0.481 e. The van der Waals surface area contributed by atoms with Gasteiger partial charge in [-0.05, 0) is 31.2 Å².